The molecule has 4 rings (SSSR count). The summed E-state index contributed by atoms with van der Waals surface area (Å²) in [7, 11) is 0. The Kier molecular flexibility index (Phi) is 10.4. The molecule has 37 heavy (non-hydrogen) atoms. The molecular weight excluding hydrogens is 508 g/mol. The van der Waals surface area contributed by atoms with Gasteiger partial charge in [0.1, 0.15) is 16.5 Å². The second-order valence-corrected chi connectivity index (χ2v) is 10.7. The molecule has 1 N–H and O–H groups in total. The molecular formula is C27H37ClN6O2S. The van der Waals surface area contributed by atoms with E-state index in [4.69, 9.17) is 16.3 Å². The van der Waals surface area contributed by atoms with E-state index in [2.05, 4.69) is 43.9 Å². The van der Waals surface area contributed by atoms with Crippen molar-refractivity contribution in [3.63, 3.8) is 0 Å². The van der Waals surface area contributed by atoms with E-state index in [1.165, 1.54) is 11.3 Å². The molecule has 0 unspecified atom stereocenters. The Morgan fingerprint density at radius 1 is 1.19 bits per heavy atom. The molecule has 3 aromatic rings. The number of thiazole rings is 1. The number of nitrogens with zero attached hydrogens (tertiary/aromatic N) is 5. The van der Waals surface area contributed by atoms with E-state index in [1.54, 1.807) is 12.3 Å². The van der Waals surface area contributed by atoms with Gasteiger partial charge in [0.25, 0.3) is 5.91 Å². The van der Waals surface area contributed by atoms with Crippen LogP contribution in [0, 0.1) is 13.8 Å². The van der Waals surface area contributed by atoms with Crippen LogP contribution in [0.3, 0.4) is 0 Å². The lowest BCUT2D eigenvalue weighted by molar-refractivity contribution is 0.0578. The Bertz CT molecular complexity index is 1170. The van der Waals surface area contributed by atoms with Crippen LogP contribution in [-0.2, 0) is 11.2 Å². The molecule has 3 heterocycles. The Morgan fingerprint density at radius 2 is 1.95 bits per heavy atom. The number of anilines is 2. The highest BCUT2D eigenvalue weighted by Gasteiger charge is 2.20. The van der Waals surface area contributed by atoms with Crippen molar-refractivity contribution in [3.05, 3.63) is 62.5 Å². The van der Waals surface area contributed by atoms with E-state index in [9.17, 15) is 4.79 Å². The molecule has 0 saturated carbocycles. The van der Waals surface area contributed by atoms with Gasteiger partial charge < -0.3 is 15.0 Å². The number of halogens is 1. The molecule has 1 aliphatic rings. The minimum atomic E-state index is -0.217. The van der Waals surface area contributed by atoms with Crippen LogP contribution in [-0.4, -0.2) is 71.2 Å². The average molecular weight is 545 g/mol. The summed E-state index contributed by atoms with van der Waals surface area (Å²) in [6.45, 7) is 13.5. The van der Waals surface area contributed by atoms with Crippen LogP contribution in [0.2, 0.25) is 5.02 Å². The van der Waals surface area contributed by atoms with E-state index >= 15 is 0 Å². The fraction of sp³-hybridized carbons (Fsp3) is 0.481. The van der Waals surface area contributed by atoms with Gasteiger partial charge in [0.15, 0.2) is 0 Å². The number of amides is 1. The molecule has 10 heteroatoms. The number of piperazine rings is 1. The second-order valence-electron chi connectivity index (χ2n) is 9.19. The van der Waals surface area contributed by atoms with Crippen molar-refractivity contribution in [1.82, 2.24) is 19.9 Å². The van der Waals surface area contributed by atoms with E-state index in [0.717, 1.165) is 67.2 Å². The number of aromatic nitrogens is 3. The number of carbonyl (C=O) groups excluding carboxylic acids is 1. The molecule has 1 aliphatic heterocycles. The summed E-state index contributed by atoms with van der Waals surface area (Å²) in [4.78, 5) is 31.8. The van der Waals surface area contributed by atoms with Gasteiger partial charge in [-0.25, -0.2) is 15.0 Å². The van der Waals surface area contributed by atoms with Crippen molar-refractivity contribution in [2.75, 3.05) is 49.5 Å². The smallest absolute Gasteiger partial charge is 0.267 e. The van der Waals surface area contributed by atoms with Crippen LogP contribution in [0.25, 0.3) is 0 Å². The van der Waals surface area contributed by atoms with Crippen molar-refractivity contribution in [3.8, 4) is 0 Å². The van der Waals surface area contributed by atoms with Gasteiger partial charge in [-0.3, -0.25) is 9.69 Å². The largest absolute Gasteiger partial charge is 0.377 e. The number of benzene rings is 1. The highest BCUT2D eigenvalue weighted by molar-refractivity contribution is 7.13. The maximum absolute atomic E-state index is 12.8. The lowest BCUT2D eigenvalue weighted by atomic mass is 10.2. The first-order valence-corrected chi connectivity index (χ1v) is 13.4. The normalized spacial score (nSPS) is 14.1. The summed E-state index contributed by atoms with van der Waals surface area (Å²) in [5.74, 6) is 1.46. The standard InChI is InChI=1S/C26H33ClN6O2S.CH4/c1-17(2)35-13-12-32-8-10-33(11-9-32)23-14-20(29-19(4)30-23)15-24-28-16-22(36-24)26(34)31-25-18(3)6-5-7-21(25)27;/h5-7,14,16-17H,8-13,15H2,1-4H3,(H,31,34);1H4. The third-order valence-corrected chi connectivity index (χ3v) is 7.31. The molecule has 1 aromatic carbocycles. The molecule has 1 amide bonds. The molecule has 8 nitrogen and oxygen atoms in total. The molecule has 0 aliphatic carbocycles. The number of carbonyl (C=O) groups is 1. The zero-order valence-corrected chi connectivity index (χ0v) is 22.8. The average Bonchev–Trinajstić information content (AvgIpc) is 3.30. The zero-order valence-electron chi connectivity index (χ0n) is 21.3. The summed E-state index contributed by atoms with van der Waals surface area (Å²) in [5.41, 5.74) is 2.44. The highest BCUT2D eigenvalue weighted by Crippen LogP contribution is 2.27. The van der Waals surface area contributed by atoms with Crippen LogP contribution in [0.15, 0.2) is 30.5 Å². The molecule has 0 spiro atoms. The first kappa shape index (κ1) is 29.0. The van der Waals surface area contributed by atoms with Crippen LogP contribution < -0.4 is 10.2 Å². The Balaban J connectivity index is 0.00000380. The number of para-hydroxylation sites is 1. The quantitative estimate of drug-likeness (QED) is 0.395. The van der Waals surface area contributed by atoms with Crippen LogP contribution in [0.1, 0.15) is 53.0 Å². The van der Waals surface area contributed by atoms with Gasteiger partial charge in [-0.2, -0.15) is 0 Å². The highest BCUT2D eigenvalue weighted by atomic mass is 35.5. The lowest BCUT2D eigenvalue weighted by Gasteiger charge is -2.35. The number of ether oxygens (including phenoxy) is 1. The predicted molar refractivity (Wildman–Crippen MR) is 152 cm³/mol. The molecule has 0 bridgehead atoms. The third kappa shape index (κ3) is 7.95. The number of hydrogen-bond donors (Lipinski definition) is 1. The van der Waals surface area contributed by atoms with Gasteiger partial charge in [-0.15, -0.1) is 11.3 Å². The molecule has 0 radical (unpaired) electrons. The summed E-state index contributed by atoms with van der Waals surface area (Å²) in [6, 6.07) is 7.58. The molecule has 1 fully saturated rings. The summed E-state index contributed by atoms with van der Waals surface area (Å²) >= 11 is 7.62. The summed E-state index contributed by atoms with van der Waals surface area (Å²) in [6.07, 6.45) is 2.42. The minimum Gasteiger partial charge on any atom is -0.377 e. The Hall–Kier alpha value is -2.59. The topological polar surface area (TPSA) is 83.5 Å². The van der Waals surface area contributed by atoms with Crippen molar-refractivity contribution in [2.24, 2.45) is 0 Å². The maximum atomic E-state index is 12.8. The van der Waals surface area contributed by atoms with E-state index in [0.29, 0.717) is 22.0 Å². The van der Waals surface area contributed by atoms with Gasteiger partial charge in [-0.05, 0) is 39.3 Å². The number of rotatable bonds is 9. The first-order chi connectivity index (χ1) is 17.3. The number of hydrogen-bond acceptors (Lipinski definition) is 8. The molecule has 2 aromatic heterocycles. The van der Waals surface area contributed by atoms with E-state index in [1.807, 2.05) is 32.0 Å². The van der Waals surface area contributed by atoms with Crippen molar-refractivity contribution in [1.29, 1.82) is 0 Å². The first-order valence-electron chi connectivity index (χ1n) is 12.2. The molecule has 1 saturated heterocycles. The molecule has 0 atom stereocenters. The van der Waals surface area contributed by atoms with Crippen molar-refractivity contribution < 1.29 is 9.53 Å². The number of aryl methyl sites for hydroxylation is 2. The third-order valence-electron chi connectivity index (χ3n) is 6.00. The maximum Gasteiger partial charge on any atom is 0.267 e. The van der Waals surface area contributed by atoms with Crippen molar-refractivity contribution in [2.45, 2.75) is 47.6 Å². The Morgan fingerprint density at radius 3 is 2.65 bits per heavy atom. The zero-order chi connectivity index (χ0) is 25.7. The summed E-state index contributed by atoms with van der Waals surface area (Å²) < 4.78 is 5.69. The monoisotopic (exact) mass is 544 g/mol. The fourth-order valence-corrected chi connectivity index (χ4v) is 5.20. The number of nitrogens with one attached hydrogen (secondary N) is 1. The van der Waals surface area contributed by atoms with Gasteiger partial charge in [0.2, 0.25) is 0 Å². The van der Waals surface area contributed by atoms with E-state index in [-0.39, 0.29) is 19.4 Å². The van der Waals surface area contributed by atoms with Crippen LogP contribution >= 0.6 is 22.9 Å². The van der Waals surface area contributed by atoms with E-state index < -0.39 is 0 Å². The van der Waals surface area contributed by atoms with Crippen molar-refractivity contribution >= 4 is 40.4 Å². The SMILES string of the molecule is C.Cc1nc(Cc2ncc(C(=O)Nc3c(C)cccc3Cl)s2)cc(N2CCN(CCOC(C)C)CC2)n1. The molecule has 200 valence electrons. The van der Waals surface area contributed by atoms with Gasteiger partial charge in [0, 0.05) is 45.2 Å². The van der Waals surface area contributed by atoms with Crippen LogP contribution in [0.4, 0.5) is 11.5 Å². The van der Waals surface area contributed by atoms with Crippen LogP contribution in [0.5, 0.6) is 0 Å². The van der Waals surface area contributed by atoms with Gasteiger partial charge in [-0.1, -0.05) is 31.2 Å². The summed E-state index contributed by atoms with van der Waals surface area (Å²) in [5, 5.41) is 4.25. The van der Waals surface area contributed by atoms with Gasteiger partial charge >= 0.3 is 0 Å². The minimum absolute atomic E-state index is 0. The van der Waals surface area contributed by atoms with Gasteiger partial charge in [0.05, 0.1) is 40.3 Å². The predicted octanol–water partition coefficient (Wildman–Crippen LogP) is 5.23. The fourth-order valence-electron chi connectivity index (χ4n) is 4.10. The Labute approximate surface area is 229 Å². The second kappa shape index (κ2) is 13.3. The lowest BCUT2D eigenvalue weighted by Crippen LogP contribution is -2.47.